The third-order valence-electron chi connectivity index (χ3n) is 2.70. The van der Waals surface area contributed by atoms with Crippen LogP contribution < -0.4 is 0 Å². The summed E-state index contributed by atoms with van der Waals surface area (Å²) in [6, 6.07) is 0. The molecule has 1 heteroatoms. The van der Waals surface area contributed by atoms with Crippen LogP contribution in [0.15, 0.2) is 36.1 Å². The van der Waals surface area contributed by atoms with Crippen molar-refractivity contribution in [1.82, 2.24) is 0 Å². The average molecular weight is 162 g/mol. The molecule has 12 heavy (non-hydrogen) atoms. The fourth-order valence-electron chi connectivity index (χ4n) is 2.09. The van der Waals surface area contributed by atoms with Crippen LogP contribution in [0.1, 0.15) is 12.8 Å². The normalized spacial score (nSPS) is 31.9. The molecule has 2 rings (SSSR count). The van der Waals surface area contributed by atoms with Gasteiger partial charge in [0.05, 0.1) is 13.4 Å². The highest BCUT2D eigenvalue weighted by Gasteiger charge is 2.27. The second-order valence-corrected chi connectivity index (χ2v) is 3.41. The summed E-state index contributed by atoms with van der Waals surface area (Å²) in [5.74, 6) is 1.26. The zero-order chi connectivity index (χ0) is 8.39. The van der Waals surface area contributed by atoms with Gasteiger partial charge in [-0.1, -0.05) is 24.3 Å². The molecule has 0 aliphatic heterocycles. The van der Waals surface area contributed by atoms with Crippen molar-refractivity contribution >= 4 is 0 Å². The lowest BCUT2D eigenvalue weighted by molar-refractivity contribution is 0.329. The number of rotatable bonds is 1. The third-order valence-corrected chi connectivity index (χ3v) is 2.70. The Balaban J connectivity index is 2.29. The minimum absolute atomic E-state index is 0.630. The van der Waals surface area contributed by atoms with Gasteiger partial charge in [-0.3, -0.25) is 0 Å². The first-order valence-electron chi connectivity index (χ1n) is 4.49. The molecule has 0 aromatic carbocycles. The van der Waals surface area contributed by atoms with E-state index < -0.39 is 0 Å². The number of allylic oxidation sites excluding steroid dienone is 5. The molecule has 2 atom stereocenters. The van der Waals surface area contributed by atoms with Crippen molar-refractivity contribution in [2.24, 2.45) is 11.8 Å². The maximum atomic E-state index is 5.09. The van der Waals surface area contributed by atoms with E-state index in [9.17, 15) is 0 Å². The van der Waals surface area contributed by atoms with Gasteiger partial charge in [0.2, 0.25) is 0 Å². The van der Waals surface area contributed by atoms with Gasteiger partial charge < -0.3 is 4.74 Å². The maximum Gasteiger partial charge on any atom is 0.0828 e. The van der Waals surface area contributed by atoms with Crippen molar-refractivity contribution in [3.05, 3.63) is 36.1 Å². The van der Waals surface area contributed by atoms with Gasteiger partial charge in [-0.15, -0.1) is 0 Å². The molecule has 0 amide bonds. The van der Waals surface area contributed by atoms with E-state index in [1.165, 1.54) is 18.4 Å². The van der Waals surface area contributed by atoms with Gasteiger partial charge >= 0.3 is 0 Å². The smallest absolute Gasteiger partial charge is 0.0828 e. The van der Waals surface area contributed by atoms with Crippen molar-refractivity contribution in [3.8, 4) is 0 Å². The number of hydrogen-bond donors (Lipinski definition) is 0. The van der Waals surface area contributed by atoms with Gasteiger partial charge in [-0.2, -0.15) is 0 Å². The second kappa shape index (κ2) is 3.18. The summed E-state index contributed by atoms with van der Waals surface area (Å²) in [6.07, 6.45) is 13.3. The monoisotopic (exact) mass is 162 g/mol. The quantitative estimate of drug-likeness (QED) is 0.539. The molecule has 0 radical (unpaired) electrons. The highest BCUT2D eigenvalue weighted by molar-refractivity contribution is 5.29. The molecule has 0 aromatic rings. The van der Waals surface area contributed by atoms with Crippen LogP contribution in [-0.2, 0) is 4.74 Å². The molecule has 64 valence electrons. The van der Waals surface area contributed by atoms with Gasteiger partial charge in [-0.05, 0) is 18.4 Å². The van der Waals surface area contributed by atoms with Crippen LogP contribution in [0, 0.1) is 11.8 Å². The summed E-state index contributed by atoms with van der Waals surface area (Å²) < 4.78 is 5.09. The van der Waals surface area contributed by atoms with E-state index in [1.54, 1.807) is 7.11 Å². The Morgan fingerprint density at radius 2 is 1.83 bits per heavy atom. The van der Waals surface area contributed by atoms with Gasteiger partial charge in [0.1, 0.15) is 0 Å². The number of methoxy groups -OCH3 is 1. The average Bonchev–Trinajstić information content (AvgIpc) is 2.26. The van der Waals surface area contributed by atoms with Crippen molar-refractivity contribution in [2.75, 3.05) is 7.11 Å². The first-order valence-corrected chi connectivity index (χ1v) is 4.49. The lowest BCUT2D eigenvalue weighted by Crippen LogP contribution is -1.97. The Morgan fingerprint density at radius 1 is 1.25 bits per heavy atom. The highest BCUT2D eigenvalue weighted by atomic mass is 16.5. The number of fused-ring (bicyclic) bond motifs is 2. The van der Waals surface area contributed by atoms with E-state index in [0.29, 0.717) is 11.8 Å². The molecule has 0 heterocycles. The van der Waals surface area contributed by atoms with E-state index >= 15 is 0 Å². The molecule has 0 spiro atoms. The minimum atomic E-state index is 0.630. The molecule has 1 fully saturated rings. The van der Waals surface area contributed by atoms with Crippen LogP contribution in [0.25, 0.3) is 0 Å². The zero-order valence-electron chi connectivity index (χ0n) is 7.36. The summed E-state index contributed by atoms with van der Waals surface area (Å²) in [5, 5.41) is 0. The second-order valence-electron chi connectivity index (χ2n) is 3.41. The predicted octanol–water partition coefficient (Wildman–Crippen LogP) is 2.67. The Morgan fingerprint density at radius 3 is 2.33 bits per heavy atom. The summed E-state index contributed by atoms with van der Waals surface area (Å²) in [7, 11) is 1.73. The van der Waals surface area contributed by atoms with Gasteiger partial charge in [0.15, 0.2) is 0 Å². The Hall–Kier alpha value is -0.980. The number of ether oxygens (including phenoxy) is 1. The topological polar surface area (TPSA) is 9.23 Å². The van der Waals surface area contributed by atoms with Crippen LogP contribution in [0.5, 0.6) is 0 Å². The molecule has 0 saturated heterocycles. The molecule has 2 aliphatic carbocycles. The minimum Gasteiger partial charge on any atom is -0.504 e. The van der Waals surface area contributed by atoms with E-state index in [0.717, 1.165) is 0 Å². The lowest BCUT2D eigenvalue weighted by Gasteiger charge is -2.08. The molecule has 1 saturated carbocycles. The molecule has 2 aliphatic rings. The Kier molecular flexibility index (Phi) is 2.03. The van der Waals surface area contributed by atoms with Gasteiger partial charge in [-0.25, -0.2) is 0 Å². The standard InChI is InChI=1S/C11H14O/c1-12-8-11-9-4-2-3-5-10(11)7-6-9/h2-5,8-10H,6-7H2,1H3. The predicted molar refractivity (Wildman–Crippen MR) is 49.6 cm³/mol. The van der Waals surface area contributed by atoms with E-state index in [-0.39, 0.29) is 0 Å². The van der Waals surface area contributed by atoms with Crippen LogP contribution in [0.4, 0.5) is 0 Å². The van der Waals surface area contributed by atoms with Crippen molar-refractivity contribution in [2.45, 2.75) is 12.8 Å². The van der Waals surface area contributed by atoms with Crippen LogP contribution >= 0.6 is 0 Å². The summed E-state index contributed by atoms with van der Waals surface area (Å²) in [6.45, 7) is 0. The van der Waals surface area contributed by atoms with Gasteiger partial charge in [0, 0.05) is 11.8 Å². The summed E-state index contributed by atoms with van der Waals surface area (Å²) >= 11 is 0. The van der Waals surface area contributed by atoms with Crippen LogP contribution in [0.2, 0.25) is 0 Å². The molecule has 0 aromatic heterocycles. The maximum absolute atomic E-state index is 5.09. The summed E-state index contributed by atoms with van der Waals surface area (Å²) in [5.41, 5.74) is 1.45. The van der Waals surface area contributed by atoms with Gasteiger partial charge in [0.25, 0.3) is 0 Å². The SMILES string of the molecule is COC=C1C2C=CC=CC1CC2. The van der Waals surface area contributed by atoms with Crippen molar-refractivity contribution in [1.29, 1.82) is 0 Å². The molecular formula is C11H14O. The van der Waals surface area contributed by atoms with Crippen LogP contribution in [0.3, 0.4) is 0 Å². The first kappa shape index (κ1) is 7.66. The molecule has 2 bridgehead atoms. The molecule has 2 unspecified atom stereocenters. The van der Waals surface area contributed by atoms with Crippen molar-refractivity contribution < 1.29 is 4.74 Å². The summed E-state index contributed by atoms with van der Waals surface area (Å²) in [4.78, 5) is 0. The van der Waals surface area contributed by atoms with Crippen LogP contribution in [-0.4, -0.2) is 7.11 Å². The molecule has 1 nitrogen and oxygen atoms in total. The van der Waals surface area contributed by atoms with E-state index in [1.807, 2.05) is 6.26 Å². The third kappa shape index (κ3) is 1.20. The lowest BCUT2D eigenvalue weighted by atomic mass is 9.99. The molecule has 0 N–H and O–H groups in total. The van der Waals surface area contributed by atoms with E-state index in [2.05, 4.69) is 24.3 Å². The molecular weight excluding hydrogens is 148 g/mol. The Bertz CT molecular complexity index is 226. The fraction of sp³-hybridized carbons (Fsp3) is 0.455. The fourth-order valence-corrected chi connectivity index (χ4v) is 2.09. The zero-order valence-corrected chi connectivity index (χ0v) is 7.36. The number of hydrogen-bond acceptors (Lipinski definition) is 1. The van der Waals surface area contributed by atoms with E-state index in [4.69, 9.17) is 4.74 Å². The largest absolute Gasteiger partial charge is 0.504 e. The first-order chi connectivity index (χ1) is 5.92. The highest BCUT2D eigenvalue weighted by Crippen LogP contribution is 2.39. The Labute approximate surface area is 73.4 Å². The van der Waals surface area contributed by atoms with Crippen molar-refractivity contribution in [3.63, 3.8) is 0 Å².